The average molecular weight is 477 g/mol. The van der Waals surface area contributed by atoms with Gasteiger partial charge in [-0.3, -0.25) is 0 Å². The molecule has 3 saturated heterocycles. The minimum atomic E-state index is -0.302. The van der Waals surface area contributed by atoms with Crippen LogP contribution in [-0.2, 0) is 14.2 Å². The number of phenolic OH excluding ortho intramolecular Hbond substituents is 1. The van der Waals surface area contributed by atoms with Crippen LogP contribution in [-0.4, -0.2) is 77.9 Å². The number of benzene rings is 2. The lowest BCUT2D eigenvalue weighted by molar-refractivity contribution is -0.0907. The molecule has 4 heterocycles. The van der Waals surface area contributed by atoms with Gasteiger partial charge in [0, 0.05) is 31.6 Å². The molecule has 0 aliphatic carbocycles. The summed E-state index contributed by atoms with van der Waals surface area (Å²) in [5.74, 6) is 1.55. The maximum absolute atomic E-state index is 12.8. The maximum atomic E-state index is 12.8. The standard InChI is InChI=1S/C26H28N4O5/c1-16-6-7-17-20(14-16)27-23(18-4-2-3-5-21(18)31)28-24(17)29-9-11-30(12-10-29)26(32)35-22-15-34-25-19(22)8-13-33-25/h2-7,14,19,22,25,31H,8-13,15H2,1H3/t19-,22+,25+/m1/s1. The van der Waals surface area contributed by atoms with Gasteiger partial charge in [0.1, 0.15) is 17.7 Å². The summed E-state index contributed by atoms with van der Waals surface area (Å²) >= 11 is 0. The van der Waals surface area contributed by atoms with Gasteiger partial charge in [0.15, 0.2) is 12.1 Å². The van der Waals surface area contributed by atoms with E-state index in [0.717, 1.165) is 28.7 Å². The number of phenols is 1. The van der Waals surface area contributed by atoms with Crippen LogP contribution in [0.15, 0.2) is 42.5 Å². The molecule has 0 saturated carbocycles. The topological polar surface area (TPSA) is 97.3 Å². The molecule has 182 valence electrons. The van der Waals surface area contributed by atoms with Crippen LogP contribution in [0.25, 0.3) is 22.3 Å². The summed E-state index contributed by atoms with van der Waals surface area (Å²) in [4.78, 5) is 26.4. The number of para-hydroxylation sites is 1. The van der Waals surface area contributed by atoms with E-state index < -0.39 is 0 Å². The van der Waals surface area contributed by atoms with Gasteiger partial charge < -0.3 is 29.1 Å². The van der Waals surface area contributed by atoms with Crippen LogP contribution in [0.4, 0.5) is 10.6 Å². The third-order valence-corrected chi connectivity index (χ3v) is 7.05. The Hall–Kier alpha value is -3.43. The van der Waals surface area contributed by atoms with Crippen molar-refractivity contribution in [2.45, 2.75) is 25.7 Å². The van der Waals surface area contributed by atoms with Crippen LogP contribution >= 0.6 is 0 Å². The molecule has 2 aromatic carbocycles. The number of amides is 1. The fraction of sp³-hybridized carbons (Fsp3) is 0.423. The van der Waals surface area contributed by atoms with Gasteiger partial charge in [0.2, 0.25) is 0 Å². The monoisotopic (exact) mass is 476 g/mol. The van der Waals surface area contributed by atoms with E-state index in [4.69, 9.17) is 24.2 Å². The van der Waals surface area contributed by atoms with Crippen molar-refractivity contribution in [3.63, 3.8) is 0 Å². The normalized spacial score (nSPS) is 24.1. The maximum Gasteiger partial charge on any atom is 0.410 e. The second kappa shape index (κ2) is 8.98. The van der Waals surface area contributed by atoms with E-state index >= 15 is 0 Å². The largest absolute Gasteiger partial charge is 0.507 e. The molecule has 3 aliphatic rings. The zero-order chi connectivity index (χ0) is 23.9. The smallest absolute Gasteiger partial charge is 0.410 e. The number of fused-ring (bicyclic) bond motifs is 2. The van der Waals surface area contributed by atoms with Crippen molar-refractivity contribution in [3.05, 3.63) is 48.0 Å². The summed E-state index contributed by atoms with van der Waals surface area (Å²) in [6, 6.07) is 13.2. The lowest BCUT2D eigenvalue weighted by atomic mass is 10.0. The van der Waals surface area contributed by atoms with Crippen LogP contribution in [0.5, 0.6) is 5.75 Å². The highest BCUT2D eigenvalue weighted by Gasteiger charge is 2.44. The Balaban J connectivity index is 1.21. The summed E-state index contributed by atoms with van der Waals surface area (Å²) in [5, 5.41) is 11.3. The zero-order valence-corrected chi connectivity index (χ0v) is 19.6. The number of hydrogen-bond donors (Lipinski definition) is 1. The quantitative estimate of drug-likeness (QED) is 0.615. The van der Waals surface area contributed by atoms with Crippen molar-refractivity contribution >= 4 is 22.8 Å². The minimum Gasteiger partial charge on any atom is -0.507 e. The summed E-state index contributed by atoms with van der Waals surface area (Å²) < 4.78 is 16.9. The van der Waals surface area contributed by atoms with Crippen molar-refractivity contribution < 1.29 is 24.1 Å². The molecule has 3 aliphatic heterocycles. The molecule has 3 atom stereocenters. The summed E-state index contributed by atoms with van der Waals surface area (Å²) in [7, 11) is 0. The highest BCUT2D eigenvalue weighted by atomic mass is 16.7. The van der Waals surface area contributed by atoms with Crippen molar-refractivity contribution in [3.8, 4) is 17.1 Å². The molecular formula is C26H28N4O5. The summed E-state index contributed by atoms with van der Waals surface area (Å²) in [5.41, 5.74) is 2.51. The molecular weight excluding hydrogens is 448 g/mol. The lowest BCUT2D eigenvalue weighted by Gasteiger charge is -2.36. The first kappa shape index (κ1) is 22.1. The van der Waals surface area contributed by atoms with E-state index in [1.54, 1.807) is 17.0 Å². The van der Waals surface area contributed by atoms with Gasteiger partial charge in [-0.15, -0.1) is 0 Å². The van der Waals surface area contributed by atoms with Gasteiger partial charge in [-0.25, -0.2) is 14.8 Å². The second-order valence-electron chi connectivity index (χ2n) is 9.33. The van der Waals surface area contributed by atoms with Crippen LogP contribution in [0, 0.1) is 12.8 Å². The summed E-state index contributed by atoms with van der Waals surface area (Å²) in [6.45, 7) is 5.36. The van der Waals surface area contributed by atoms with Crippen molar-refractivity contribution in [1.82, 2.24) is 14.9 Å². The van der Waals surface area contributed by atoms with E-state index in [-0.39, 0.29) is 30.2 Å². The van der Waals surface area contributed by atoms with Gasteiger partial charge in [-0.05, 0) is 43.2 Å². The number of ether oxygens (including phenoxy) is 3. The van der Waals surface area contributed by atoms with Crippen molar-refractivity contribution in [1.29, 1.82) is 0 Å². The Morgan fingerprint density at radius 3 is 2.74 bits per heavy atom. The van der Waals surface area contributed by atoms with Gasteiger partial charge >= 0.3 is 6.09 Å². The number of aromatic hydroxyl groups is 1. The molecule has 1 aromatic heterocycles. The van der Waals surface area contributed by atoms with E-state index in [2.05, 4.69) is 4.90 Å². The first-order valence-electron chi connectivity index (χ1n) is 12.1. The molecule has 9 nitrogen and oxygen atoms in total. The Morgan fingerprint density at radius 1 is 1.09 bits per heavy atom. The number of rotatable bonds is 3. The van der Waals surface area contributed by atoms with Crippen LogP contribution in [0.3, 0.4) is 0 Å². The Labute approximate surface area is 203 Å². The first-order chi connectivity index (χ1) is 17.1. The molecule has 1 N–H and O–H groups in total. The molecule has 0 bridgehead atoms. The molecule has 6 rings (SSSR count). The highest BCUT2D eigenvalue weighted by Crippen LogP contribution is 2.34. The fourth-order valence-corrected chi connectivity index (χ4v) is 5.10. The predicted octanol–water partition coefficient (Wildman–Crippen LogP) is 3.33. The van der Waals surface area contributed by atoms with Crippen LogP contribution in [0.1, 0.15) is 12.0 Å². The third kappa shape index (κ3) is 4.15. The van der Waals surface area contributed by atoms with Gasteiger partial charge in [0.25, 0.3) is 0 Å². The van der Waals surface area contributed by atoms with E-state index in [0.29, 0.717) is 50.8 Å². The molecule has 35 heavy (non-hydrogen) atoms. The second-order valence-corrected chi connectivity index (χ2v) is 9.33. The van der Waals surface area contributed by atoms with Gasteiger partial charge in [-0.2, -0.15) is 0 Å². The fourth-order valence-electron chi connectivity index (χ4n) is 5.10. The molecule has 0 unspecified atom stereocenters. The Morgan fingerprint density at radius 2 is 1.91 bits per heavy atom. The number of hydrogen-bond acceptors (Lipinski definition) is 8. The van der Waals surface area contributed by atoms with Crippen molar-refractivity contribution in [2.24, 2.45) is 5.92 Å². The number of piperazine rings is 1. The van der Waals surface area contributed by atoms with E-state index in [1.807, 2.05) is 37.3 Å². The lowest BCUT2D eigenvalue weighted by Crippen LogP contribution is -2.50. The van der Waals surface area contributed by atoms with E-state index in [1.165, 1.54) is 0 Å². The molecule has 3 aromatic rings. The number of aryl methyl sites for hydroxylation is 1. The number of carbonyl (C=O) groups is 1. The number of carbonyl (C=O) groups excluding carboxylic acids is 1. The van der Waals surface area contributed by atoms with Crippen LogP contribution < -0.4 is 4.90 Å². The average Bonchev–Trinajstić information content (AvgIpc) is 3.49. The van der Waals surface area contributed by atoms with Crippen molar-refractivity contribution in [2.75, 3.05) is 44.3 Å². The molecule has 1 amide bonds. The van der Waals surface area contributed by atoms with Crippen LogP contribution in [0.2, 0.25) is 0 Å². The first-order valence-corrected chi connectivity index (χ1v) is 12.1. The minimum absolute atomic E-state index is 0.129. The Kier molecular flexibility index (Phi) is 5.66. The number of anilines is 1. The molecule has 9 heteroatoms. The molecule has 3 fully saturated rings. The van der Waals surface area contributed by atoms with E-state index in [9.17, 15) is 9.90 Å². The third-order valence-electron chi connectivity index (χ3n) is 7.05. The molecule has 0 radical (unpaired) electrons. The highest BCUT2D eigenvalue weighted by molar-refractivity contribution is 5.92. The predicted molar refractivity (Wildman–Crippen MR) is 129 cm³/mol. The molecule has 0 spiro atoms. The summed E-state index contributed by atoms with van der Waals surface area (Å²) in [6.07, 6.45) is 0.0697. The van der Waals surface area contributed by atoms with Gasteiger partial charge in [-0.1, -0.05) is 18.2 Å². The number of aromatic nitrogens is 2. The zero-order valence-electron chi connectivity index (χ0n) is 19.6. The Bertz CT molecular complexity index is 1260. The number of nitrogens with zero attached hydrogens (tertiary/aromatic N) is 4. The van der Waals surface area contributed by atoms with Gasteiger partial charge in [0.05, 0.1) is 30.2 Å². The SMILES string of the molecule is Cc1ccc2c(N3CCN(C(=O)O[C@H]4CO[C@@H]5OCC[C@@H]54)CC3)nc(-c3ccccc3O)nc2c1.